The van der Waals surface area contributed by atoms with Crippen molar-refractivity contribution in [2.45, 2.75) is 38.2 Å². The van der Waals surface area contributed by atoms with E-state index in [1.165, 1.54) is 19.3 Å². The third-order valence-electron chi connectivity index (χ3n) is 2.79. The first-order chi connectivity index (χ1) is 4.88. The van der Waals surface area contributed by atoms with E-state index in [0.717, 1.165) is 12.8 Å². The number of hydrogen-bond donors (Lipinski definition) is 1. The van der Waals surface area contributed by atoms with E-state index < -0.39 is 0 Å². The summed E-state index contributed by atoms with van der Waals surface area (Å²) in [6.45, 7) is 0. The van der Waals surface area contributed by atoms with Gasteiger partial charge >= 0.3 is 0 Å². The number of hydrogen-bond acceptors (Lipinski definition) is 1. The lowest BCUT2D eigenvalue weighted by Gasteiger charge is -2.23. The molecule has 2 atom stereocenters. The molecule has 2 unspecified atom stereocenters. The first-order valence-corrected chi connectivity index (χ1v) is 4.25. The Labute approximate surface area is 61.8 Å². The fourth-order valence-electron chi connectivity index (χ4n) is 2.23. The average Bonchev–Trinajstić information content (AvgIpc) is 2.36. The number of allylic oxidation sites excluding steroid dienone is 1. The van der Waals surface area contributed by atoms with Gasteiger partial charge in [-0.2, -0.15) is 0 Å². The Morgan fingerprint density at radius 1 is 1.40 bits per heavy atom. The predicted octanol–water partition coefficient (Wildman–Crippen LogP) is 1.87. The molecular weight excluding hydrogens is 124 g/mol. The molecule has 1 fully saturated rings. The molecule has 2 aliphatic rings. The van der Waals surface area contributed by atoms with Gasteiger partial charge in [0.1, 0.15) is 0 Å². The van der Waals surface area contributed by atoms with E-state index in [2.05, 4.69) is 6.08 Å². The van der Waals surface area contributed by atoms with Gasteiger partial charge in [-0.3, -0.25) is 0 Å². The molecule has 0 spiro atoms. The molecule has 2 aliphatic carbocycles. The van der Waals surface area contributed by atoms with Crippen LogP contribution in [0.2, 0.25) is 0 Å². The van der Waals surface area contributed by atoms with Gasteiger partial charge in [-0.05, 0) is 32.1 Å². The summed E-state index contributed by atoms with van der Waals surface area (Å²) in [5.41, 5.74) is 1.54. The monoisotopic (exact) mass is 138 g/mol. The van der Waals surface area contributed by atoms with Crippen LogP contribution >= 0.6 is 0 Å². The van der Waals surface area contributed by atoms with Gasteiger partial charge in [-0.15, -0.1) is 0 Å². The molecule has 1 heteroatoms. The Morgan fingerprint density at radius 3 is 3.10 bits per heavy atom. The summed E-state index contributed by atoms with van der Waals surface area (Å²) in [5, 5.41) is 9.54. The van der Waals surface area contributed by atoms with Crippen molar-refractivity contribution in [3.63, 3.8) is 0 Å². The molecule has 1 nitrogen and oxygen atoms in total. The molecule has 0 aromatic rings. The van der Waals surface area contributed by atoms with Gasteiger partial charge in [0.05, 0.1) is 6.10 Å². The Kier molecular flexibility index (Phi) is 1.53. The second-order valence-corrected chi connectivity index (χ2v) is 3.42. The summed E-state index contributed by atoms with van der Waals surface area (Å²) < 4.78 is 0. The van der Waals surface area contributed by atoms with E-state index in [0.29, 0.717) is 5.92 Å². The van der Waals surface area contributed by atoms with Crippen molar-refractivity contribution in [1.29, 1.82) is 0 Å². The standard InChI is InChI=1S/C9H14O/c10-9-6-2-4-7-3-1-5-8(7)9/h4,8-10H,1-3,5-6H2. The van der Waals surface area contributed by atoms with Crippen LogP contribution in [0.25, 0.3) is 0 Å². The summed E-state index contributed by atoms with van der Waals surface area (Å²) in [4.78, 5) is 0. The molecule has 1 saturated carbocycles. The van der Waals surface area contributed by atoms with Gasteiger partial charge in [-0.1, -0.05) is 11.6 Å². The topological polar surface area (TPSA) is 20.2 Å². The van der Waals surface area contributed by atoms with Crippen LogP contribution in [0.4, 0.5) is 0 Å². The van der Waals surface area contributed by atoms with Gasteiger partial charge in [-0.25, -0.2) is 0 Å². The minimum Gasteiger partial charge on any atom is -0.392 e. The molecule has 1 N–H and O–H groups in total. The number of fused-ring (bicyclic) bond motifs is 1. The quantitative estimate of drug-likeness (QED) is 0.507. The zero-order valence-electron chi connectivity index (χ0n) is 6.21. The molecule has 0 aromatic carbocycles. The molecule has 0 radical (unpaired) electrons. The normalized spacial score (nSPS) is 39.1. The Hall–Kier alpha value is -0.300. The van der Waals surface area contributed by atoms with Gasteiger partial charge in [0.15, 0.2) is 0 Å². The molecular formula is C9H14O. The van der Waals surface area contributed by atoms with Crippen molar-refractivity contribution in [2.24, 2.45) is 5.92 Å². The molecule has 56 valence electrons. The maximum atomic E-state index is 9.54. The molecule has 0 bridgehead atoms. The smallest absolute Gasteiger partial charge is 0.0608 e. The van der Waals surface area contributed by atoms with Crippen molar-refractivity contribution < 1.29 is 5.11 Å². The van der Waals surface area contributed by atoms with Crippen LogP contribution < -0.4 is 0 Å². The lowest BCUT2D eigenvalue weighted by atomic mass is 9.88. The third kappa shape index (κ3) is 0.891. The van der Waals surface area contributed by atoms with Gasteiger partial charge < -0.3 is 5.11 Å². The molecule has 0 aliphatic heterocycles. The van der Waals surface area contributed by atoms with Crippen LogP contribution in [0.5, 0.6) is 0 Å². The van der Waals surface area contributed by atoms with Gasteiger partial charge in [0, 0.05) is 5.92 Å². The first kappa shape index (κ1) is 6.41. The summed E-state index contributed by atoms with van der Waals surface area (Å²) in [7, 11) is 0. The number of rotatable bonds is 0. The van der Waals surface area contributed by atoms with Crippen molar-refractivity contribution in [1.82, 2.24) is 0 Å². The molecule has 0 aromatic heterocycles. The van der Waals surface area contributed by atoms with Crippen molar-refractivity contribution in [3.05, 3.63) is 11.6 Å². The molecule has 0 amide bonds. The molecule has 0 heterocycles. The maximum absolute atomic E-state index is 9.54. The van der Waals surface area contributed by atoms with Gasteiger partial charge in [0.2, 0.25) is 0 Å². The fourth-order valence-corrected chi connectivity index (χ4v) is 2.23. The molecule has 2 rings (SSSR count). The predicted molar refractivity (Wildman–Crippen MR) is 40.7 cm³/mol. The van der Waals surface area contributed by atoms with Gasteiger partial charge in [0.25, 0.3) is 0 Å². The highest BCUT2D eigenvalue weighted by Gasteiger charge is 2.29. The Balaban J connectivity index is 2.18. The maximum Gasteiger partial charge on any atom is 0.0608 e. The van der Waals surface area contributed by atoms with Crippen LogP contribution in [0.1, 0.15) is 32.1 Å². The molecule has 10 heavy (non-hydrogen) atoms. The minimum absolute atomic E-state index is 0.0116. The lowest BCUT2D eigenvalue weighted by molar-refractivity contribution is 0.113. The highest BCUT2D eigenvalue weighted by atomic mass is 16.3. The number of aliphatic hydroxyl groups excluding tert-OH is 1. The van der Waals surface area contributed by atoms with Crippen molar-refractivity contribution >= 4 is 0 Å². The zero-order valence-corrected chi connectivity index (χ0v) is 6.21. The van der Waals surface area contributed by atoms with E-state index >= 15 is 0 Å². The van der Waals surface area contributed by atoms with E-state index in [1.807, 2.05) is 0 Å². The second-order valence-electron chi connectivity index (χ2n) is 3.42. The minimum atomic E-state index is -0.0116. The third-order valence-corrected chi connectivity index (χ3v) is 2.79. The summed E-state index contributed by atoms with van der Waals surface area (Å²) in [6.07, 6.45) is 8.20. The summed E-state index contributed by atoms with van der Waals surface area (Å²) in [5.74, 6) is 0.550. The second kappa shape index (κ2) is 2.39. The zero-order chi connectivity index (χ0) is 6.97. The number of aliphatic hydroxyl groups is 1. The lowest BCUT2D eigenvalue weighted by Crippen LogP contribution is -2.21. The largest absolute Gasteiger partial charge is 0.392 e. The average molecular weight is 138 g/mol. The SMILES string of the molecule is OC1CCC=C2CCCC21. The Morgan fingerprint density at radius 2 is 2.30 bits per heavy atom. The van der Waals surface area contributed by atoms with Crippen molar-refractivity contribution in [3.8, 4) is 0 Å². The highest BCUT2D eigenvalue weighted by molar-refractivity contribution is 5.16. The van der Waals surface area contributed by atoms with E-state index in [-0.39, 0.29) is 6.10 Å². The van der Waals surface area contributed by atoms with E-state index in [4.69, 9.17) is 0 Å². The van der Waals surface area contributed by atoms with Crippen LogP contribution in [-0.2, 0) is 0 Å². The highest BCUT2D eigenvalue weighted by Crippen LogP contribution is 2.38. The van der Waals surface area contributed by atoms with Crippen molar-refractivity contribution in [2.75, 3.05) is 0 Å². The Bertz CT molecular complexity index is 160. The summed E-state index contributed by atoms with van der Waals surface area (Å²) >= 11 is 0. The molecule has 0 saturated heterocycles. The van der Waals surface area contributed by atoms with Crippen LogP contribution in [-0.4, -0.2) is 11.2 Å². The van der Waals surface area contributed by atoms with E-state index in [1.54, 1.807) is 5.57 Å². The fraction of sp³-hybridized carbons (Fsp3) is 0.778. The van der Waals surface area contributed by atoms with Crippen LogP contribution in [0.15, 0.2) is 11.6 Å². The van der Waals surface area contributed by atoms with Crippen LogP contribution in [0, 0.1) is 5.92 Å². The first-order valence-electron chi connectivity index (χ1n) is 4.25. The summed E-state index contributed by atoms with van der Waals surface area (Å²) in [6, 6.07) is 0. The van der Waals surface area contributed by atoms with Crippen LogP contribution in [0.3, 0.4) is 0 Å². The van der Waals surface area contributed by atoms with E-state index in [9.17, 15) is 5.11 Å².